The fraction of sp³-hybridized carbons (Fsp3) is 1.00. The molecule has 106 valence electrons. The zero-order chi connectivity index (χ0) is 13.2. The van der Waals surface area contributed by atoms with Crippen LogP contribution < -0.4 is 5.32 Å². The Labute approximate surface area is 116 Å². The number of hydrogen-bond acceptors (Lipinski definition) is 4. The van der Waals surface area contributed by atoms with Gasteiger partial charge in [0.25, 0.3) is 0 Å². The molecule has 2 saturated heterocycles. The van der Waals surface area contributed by atoms with E-state index in [1.54, 1.807) is 0 Å². The van der Waals surface area contributed by atoms with Crippen LogP contribution in [0.5, 0.6) is 0 Å². The van der Waals surface area contributed by atoms with Crippen molar-refractivity contribution < 1.29 is 4.74 Å². The lowest BCUT2D eigenvalue weighted by Crippen LogP contribution is -2.57. The Balaban J connectivity index is 1.81. The lowest BCUT2D eigenvalue weighted by Gasteiger charge is -2.47. The fourth-order valence-corrected chi connectivity index (χ4v) is 4.24. The largest absolute Gasteiger partial charge is 0.367 e. The molecule has 2 heterocycles. The van der Waals surface area contributed by atoms with Gasteiger partial charge in [-0.15, -0.1) is 0 Å². The van der Waals surface area contributed by atoms with Crippen LogP contribution in [0.1, 0.15) is 34.1 Å². The van der Waals surface area contributed by atoms with Gasteiger partial charge >= 0.3 is 0 Å². The van der Waals surface area contributed by atoms with Gasteiger partial charge in [0.2, 0.25) is 0 Å². The average Bonchev–Trinajstić information content (AvgIpc) is 2.24. The molecular weight excluding hydrogens is 244 g/mol. The summed E-state index contributed by atoms with van der Waals surface area (Å²) in [5.74, 6) is 2.55. The van der Waals surface area contributed by atoms with Crippen molar-refractivity contribution in [3.05, 3.63) is 0 Å². The van der Waals surface area contributed by atoms with Crippen LogP contribution in [0.15, 0.2) is 0 Å². The van der Waals surface area contributed by atoms with Crippen molar-refractivity contribution in [1.29, 1.82) is 0 Å². The molecule has 0 aromatic carbocycles. The molecular formula is C14H28N2OS. The molecule has 2 aliphatic heterocycles. The molecule has 18 heavy (non-hydrogen) atoms. The highest BCUT2D eigenvalue weighted by molar-refractivity contribution is 7.99. The first kappa shape index (κ1) is 14.6. The van der Waals surface area contributed by atoms with Crippen molar-refractivity contribution >= 4 is 11.8 Å². The van der Waals surface area contributed by atoms with Gasteiger partial charge in [0, 0.05) is 37.2 Å². The van der Waals surface area contributed by atoms with E-state index in [9.17, 15) is 0 Å². The molecule has 0 aromatic rings. The number of thioether (sulfide) groups is 1. The molecule has 0 spiro atoms. The minimum absolute atomic E-state index is 0.0174. The third-order valence-electron chi connectivity index (χ3n) is 3.55. The quantitative estimate of drug-likeness (QED) is 0.849. The Hall–Kier alpha value is 0.230. The Bertz CT molecular complexity index is 259. The van der Waals surface area contributed by atoms with Gasteiger partial charge in [-0.2, -0.15) is 11.8 Å². The summed E-state index contributed by atoms with van der Waals surface area (Å²) < 4.78 is 6.12. The van der Waals surface area contributed by atoms with Crippen LogP contribution in [0.4, 0.5) is 0 Å². The molecule has 4 heteroatoms. The minimum atomic E-state index is -0.0174. The predicted molar refractivity (Wildman–Crippen MR) is 79.4 cm³/mol. The summed E-state index contributed by atoms with van der Waals surface area (Å²) >= 11 is 2.08. The third kappa shape index (κ3) is 4.41. The number of hydrogen-bond donors (Lipinski definition) is 1. The zero-order valence-electron chi connectivity index (χ0n) is 12.3. The van der Waals surface area contributed by atoms with Crippen LogP contribution in [0.2, 0.25) is 0 Å². The Kier molecular flexibility index (Phi) is 4.63. The average molecular weight is 272 g/mol. The van der Waals surface area contributed by atoms with Gasteiger partial charge in [-0.05, 0) is 40.7 Å². The topological polar surface area (TPSA) is 24.5 Å². The maximum Gasteiger partial charge on any atom is 0.0760 e. The molecule has 3 nitrogen and oxygen atoms in total. The number of ether oxygens (including phenoxy) is 1. The SMILES string of the molecule is CC1(C)CN(CCC2CSCCN2)CC(C)(C)O1. The van der Waals surface area contributed by atoms with E-state index in [0.717, 1.165) is 13.1 Å². The highest BCUT2D eigenvalue weighted by Gasteiger charge is 2.37. The van der Waals surface area contributed by atoms with E-state index in [-0.39, 0.29) is 11.2 Å². The normalized spacial score (nSPS) is 32.3. The molecule has 2 fully saturated rings. The number of nitrogens with one attached hydrogen (secondary N) is 1. The Morgan fingerprint density at radius 1 is 1.22 bits per heavy atom. The first-order valence-corrected chi connectivity index (χ1v) is 8.25. The monoisotopic (exact) mass is 272 g/mol. The molecule has 1 unspecified atom stereocenters. The molecule has 1 N–H and O–H groups in total. The standard InChI is InChI=1S/C14H28N2OS/c1-13(2)10-16(11-14(3,4)17-13)7-5-12-9-18-8-6-15-12/h12,15H,5-11H2,1-4H3. The number of rotatable bonds is 3. The van der Waals surface area contributed by atoms with Crippen LogP contribution >= 0.6 is 11.8 Å². The fourth-order valence-electron chi connectivity index (χ4n) is 3.25. The maximum atomic E-state index is 6.12. The summed E-state index contributed by atoms with van der Waals surface area (Å²) in [6, 6.07) is 0.706. The van der Waals surface area contributed by atoms with Crippen LogP contribution in [0, 0.1) is 0 Å². The second-order valence-corrected chi connectivity index (χ2v) is 8.00. The van der Waals surface area contributed by atoms with Crippen molar-refractivity contribution in [2.45, 2.75) is 51.4 Å². The van der Waals surface area contributed by atoms with Crippen LogP contribution in [0.3, 0.4) is 0 Å². The van der Waals surface area contributed by atoms with Crippen LogP contribution in [-0.2, 0) is 4.74 Å². The summed E-state index contributed by atoms with van der Waals surface area (Å²) in [5, 5.41) is 3.62. The molecule has 0 saturated carbocycles. The molecule has 0 bridgehead atoms. The summed E-state index contributed by atoms with van der Waals surface area (Å²) in [6.07, 6.45) is 1.26. The lowest BCUT2D eigenvalue weighted by atomic mass is 9.98. The molecule has 0 aromatic heterocycles. The highest BCUT2D eigenvalue weighted by atomic mass is 32.2. The Morgan fingerprint density at radius 3 is 2.44 bits per heavy atom. The van der Waals surface area contributed by atoms with E-state index in [0.29, 0.717) is 6.04 Å². The van der Waals surface area contributed by atoms with Gasteiger partial charge in [-0.3, -0.25) is 4.90 Å². The maximum absolute atomic E-state index is 6.12. The molecule has 2 rings (SSSR count). The van der Waals surface area contributed by atoms with E-state index in [1.165, 1.54) is 31.0 Å². The highest BCUT2D eigenvalue weighted by Crippen LogP contribution is 2.28. The lowest BCUT2D eigenvalue weighted by molar-refractivity contribution is -0.180. The third-order valence-corrected chi connectivity index (χ3v) is 4.68. The second kappa shape index (κ2) is 5.70. The van der Waals surface area contributed by atoms with Gasteiger partial charge in [0.05, 0.1) is 11.2 Å². The zero-order valence-corrected chi connectivity index (χ0v) is 13.1. The van der Waals surface area contributed by atoms with E-state index < -0.39 is 0 Å². The summed E-state index contributed by atoms with van der Waals surface area (Å²) in [5.41, 5.74) is -0.0347. The van der Waals surface area contributed by atoms with Crippen molar-refractivity contribution in [2.24, 2.45) is 0 Å². The van der Waals surface area contributed by atoms with Gasteiger partial charge in [-0.25, -0.2) is 0 Å². The summed E-state index contributed by atoms with van der Waals surface area (Å²) in [7, 11) is 0. The van der Waals surface area contributed by atoms with E-state index in [1.807, 2.05) is 0 Å². The van der Waals surface area contributed by atoms with Crippen molar-refractivity contribution in [3.8, 4) is 0 Å². The predicted octanol–water partition coefficient (Wildman–Crippen LogP) is 1.97. The molecule has 0 aliphatic carbocycles. The minimum Gasteiger partial charge on any atom is -0.367 e. The van der Waals surface area contributed by atoms with Gasteiger partial charge in [0.15, 0.2) is 0 Å². The van der Waals surface area contributed by atoms with E-state index in [2.05, 4.69) is 49.7 Å². The number of morpholine rings is 1. The number of nitrogens with zero attached hydrogens (tertiary/aromatic N) is 1. The van der Waals surface area contributed by atoms with E-state index in [4.69, 9.17) is 4.74 Å². The van der Waals surface area contributed by atoms with Gasteiger partial charge in [-0.1, -0.05) is 0 Å². The summed E-state index contributed by atoms with van der Waals surface area (Å²) in [6.45, 7) is 13.3. The van der Waals surface area contributed by atoms with E-state index >= 15 is 0 Å². The first-order valence-electron chi connectivity index (χ1n) is 7.10. The van der Waals surface area contributed by atoms with Gasteiger partial charge in [0.1, 0.15) is 0 Å². The van der Waals surface area contributed by atoms with Crippen molar-refractivity contribution in [1.82, 2.24) is 10.2 Å². The van der Waals surface area contributed by atoms with Crippen LogP contribution in [0.25, 0.3) is 0 Å². The summed E-state index contributed by atoms with van der Waals surface area (Å²) in [4.78, 5) is 2.57. The van der Waals surface area contributed by atoms with Crippen molar-refractivity contribution in [3.63, 3.8) is 0 Å². The molecule has 2 aliphatic rings. The first-order chi connectivity index (χ1) is 8.36. The Morgan fingerprint density at radius 2 is 1.89 bits per heavy atom. The smallest absolute Gasteiger partial charge is 0.0760 e. The molecule has 0 amide bonds. The molecule has 1 atom stereocenters. The van der Waals surface area contributed by atoms with Crippen molar-refractivity contribution in [2.75, 3.05) is 37.7 Å². The second-order valence-electron chi connectivity index (χ2n) is 6.85. The van der Waals surface area contributed by atoms with Crippen LogP contribution in [-0.4, -0.2) is 59.8 Å². The van der Waals surface area contributed by atoms with Gasteiger partial charge < -0.3 is 10.1 Å². The molecule has 0 radical (unpaired) electrons.